The van der Waals surface area contributed by atoms with Gasteiger partial charge < -0.3 is 89.0 Å². The smallest absolute Gasteiger partial charge is 0.348 e. The molecule has 1 aromatic carbocycles. The number of ether oxygens (including phenoxy) is 8. The van der Waals surface area contributed by atoms with Crippen molar-refractivity contribution < 1.29 is 106 Å². The minimum absolute atomic E-state index is 0.00286. The van der Waals surface area contributed by atoms with Crippen LogP contribution in [-0.4, -0.2) is 220 Å². The molecule has 2 heterocycles. The molecule has 29 heteroatoms. The number of esters is 1. The first-order valence-corrected chi connectivity index (χ1v) is 25.9. The van der Waals surface area contributed by atoms with Crippen LogP contribution in [0.2, 0.25) is 0 Å². The Balaban J connectivity index is 0.00000928. The molecule has 1 fully saturated rings. The second kappa shape index (κ2) is 45.6. The van der Waals surface area contributed by atoms with Crippen LogP contribution < -0.4 is 31.5 Å². The van der Waals surface area contributed by atoms with E-state index in [4.69, 9.17) is 47.8 Å². The third-order valence-electron chi connectivity index (χ3n) is 9.64. The van der Waals surface area contributed by atoms with Gasteiger partial charge in [-0.05, 0) is 29.7 Å². The van der Waals surface area contributed by atoms with Crippen molar-refractivity contribution >= 4 is 65.1 Å². The lowest BCUT2D eigenvalue weighted by Gasteiger charge is -2.36. The molecule has 0 spiro atoms. The standard InChI is InChI=1S/C43H64N6O21S.2C2H6.CH4O/c1-28(51)67-25-29-2-3-33(68-41-23-32(52)42(59)34(24-50)69-41)30(22-29)47-36(54)6-9-44-38(56)26-66-15-11-46-70-43(60)31(27-71-61)48-37(55)8-13-62-16-18-64-20-21-65-19-17-63-14-10-45-35(53)7-12-49-39(57)4-5-40(49)58;3*1-2/h2-5,22,31-32,34,41-42,46,50,52,59,61H,6-21,23-27H2,1H3,(H,44,56)(H,45,53)(H,47,54)(H,48,55);2*1-2H3;2H,1H3/t31-,32?,34?,41?,42?;;;/m1.../s1. The topological polar surface area (TPSA) is 384 Å². The van der Waals surface area contributed by atoms with Gasteiger partial charge in [0.2, 0.25) is 29.9 Å². The fraction of sp³-hybridized carbons (Fsp3) is 0.667. The third-order valence-corrected chi connectivity index (χ3v) is 10.1. The summed E-state index contributed by atoms with van der Waals surface area (Å²) in [6.45, 7) is 10.1. The van der Waals surface area contributed by atoms with Gasteiger partial charge in [-0.1, -0.05) is 33.8 Å². The van der Waals surface area contributed by atoms with Crippen molar-refractivity contribution in [2.24, 2.45) is 0 Å². The quantitative estimate of drug-likeness (QED) is 0.0122. The van der Waals surface area contributed by atoms with Gasteiger partial charge in [0, 0.05) is 71.5 Å². The van der Waals surface area contributed by atoms with Gasteiger partial charge in [0.05, 0.1) is 90.2 Å². The van der Waals surface area contributed by atoms with Crippen molar-refractivity contribution in [1.82, 2.24) is 26.3 Å². The molecule has 0 saturated carbocycles. The highest BCUT2D eigenvalue weighted by Gasteiger charge is 2.38. The summed E-state index contributed by atoms with van der Waals surface area (Å²) < 4.78 is 52.5. The predicted molar refractivity (Wildman–Crippen MR) is 275 cm³/mol. The van der Waals surface area contributed by atoms with Gasteiger partial charge in [0.15, 0.2) is 0 Å². The highest BCUT2D eigenvalue weighted by atomic mass is 32.2. The molecule has 0 aromatic heterocycles. The molecule has 5 atom stereocenters. The summed E-state index contributed by atoms with van der Waals surface area (Å²) in [7, 11) is 1.00. The van der Waals surface area contributed by atoms with Gasteiger partial charge >= 0.3 is 11.9 Å². The minimum Gasteiger partial charge on any atom is -0.463 e. The van der Waals surface area contributed by atoms with E-state index in [0.717, 1.165) is 24.2 Å². The number of carbonyl (C=O) groups excluding carboxylic acids is 8. The Kier molecular flexibility index (Phi) is 42.4. The molecule has 0 bridgehead atoms. The SMILES string of the molecule is CC.CC.CC(=O)OCc1ccc(OC2CC(O)C(O)C(CO)O2)c(NC(=O)CCNC(=O)COCCNOC(=O)[C@@H](CSO)NC(=O)CCOCCOCCOCCOCCNC(=O)CCN2C(=O)C=CC2=O)c1.CO. The Morgan fingerprint density at radius 3 is 1.96 bits per heavy atom. The maximum absolute atomic E-state index is 12.8. The van der Waals surface area contributed by atoms with Crippen molar-refractivity contribution in [3.05, 3.63) is 35.9 Å². The zero-order chi connectivity index (χ0) is 57.8. The Labute approximate surface area is 452 Å². The van der Waals surface area contributed by atoms with E-state index in [0.29, 0.717) is 37.4 Å². The van der Waals surface area contributed by atoms with E-state index in [1.54, 1.807) is 6.07 Å². The second-order valence-electron chi connectivity index (χ2n) is 15.2. The molecule has 440 valence electrons. The second-order valence-corrected chi connectivity index (χ2v) is 15.8. The van der Waals surface area contributed by atoms with Crippen LogP contribution in [0.5, 0.6) is 5.75 Å². The van der Waals surface area contributed by atoms with Crippen LogP contribution in [-0.2, 0) is 83.0 Å². The van der Waals surface area contributed by atoms with Crippen molar-refractivity contribution in [3.8, 4) is 5.75 Å². The maximum atomic E-state index is 12.8. The molecule has 2 aliphatic rings. The number of anilines is 1. The van der Waals surface area contributed by atoms with E-state index in [1.165, 1.54) is 19.1 Å². The molecule has 6 amide bonds. The summed E-state index contributed by atoms with van der Waals surface area (Å²) in [5, 5.41) is 47.0. The van der Waals surface area contributed by atoms with Crippen molar-refractivity contribution in [2.75, 3.05) is 117 Å². The van der Waals surface area contributed by atoms with Gasteiger partial charge in [0.25, 0.3) is 11.8 Å². The number of amides is 6. The maximum Gasteiger partial charge on any atom is 0.348 e. The number of aliphatic hydroxyl groups is 4. The van der Waals surface area contributed by atoms with Gasteiger partial charge in [-0.15, -0.1) is 0 Å². The molecule has 28 nitrogen and oxygen atoms in total. The number of imide groups is 1. The lowest BCUT2D eigenvalue weighted by Crippen LogP contribution is -2.51. The molecule has 0 aliphatic carbocycles. The minimum atomic E-state index is -1.32. The van der Waals surface area contributed by atoms with E-state index >= 15 is 0 Å². The van der Waals surface area contributed by atoms with E-state index in [-0.39, 0.29) is 121 Å². The average Bonchev–Trinajstić information content (AvgIpc) is 3.75. The fourth-order valence-electron chi connectivity index (χ4n) is 6.04. The molecule has 1 aromatic rings. The van der Waals surface area contributed by atoms with E-state index in [9.17, 15) is 58.2 Å². The van der Waals surface area contributed by atoms with Crippen molar-refractivity contribution in [2.45, 2.75) is 97.6 Å². The number of nitrogens with zero attached hydrogens (tertiary/aromatic N) is 1. The van der Waals surface area contributed by atoms with Gasteiger partial charge in [-0.25, -0.2) is 4.79 Å². The molecule has 2 aliphatic heterocycles. The Morgan fingerprint density at radius 1 is 0.753 bits per heavy atom. The zero-order valence-corrected chi connectivity index (χ0v) is 45.5. The van der Waals surface area contributed by atoms with Crippen molar-refractivity contribution in [1.29, 1.82) is 0 Å². The largest absolute Gasteiger partial charge is 0.463 e. The van der Waals surface area contributed by atoms with Crippen molar-refractivity contribution in [3.63, 3.8) is 0 Å². The Hall–Kier alpha value is -5.41. The van der Waals surface area contributed by atoms with Crippen LogP contribution in [0.1, 0.15) is 65.9 Å². The first-order valence-electron chi connectivity index (χ1n) is 25.0. The molecule has 10 N–H and O–H groups in total. The van der Waals surface area contributed by atoms with Gasteiger partial charge in [-0.2, -0.15) is 5.48 Å². The summed E-state index contributed by atoms with van der Waals surface area (Å²) in [6.07, 6.45) is -2.84. The summed E-state index contributed by atoms with van der Waals surface area (Å²) in [5.41, 5.74) is 3.03. The van der Waals surface area contributed by atoms with Gasteiger partial charge in [-0.3, -0.25) is 38.5 Å². The first kappa shape index (κ1) is 71.6. The third kappa shape index (κ3) is 32.8. The molecule has 0 radical (unpaired) electrons. The predicted octanol–water partition coefficient (Wildman–Crippen LogP) is -1.29. The lowest BCUT2D eigenvalue weighted by molar-refractivity contribution is -0.229. The van der Waals surface area contributed by atoms with Crippen LogP contribution in [0, 0.1) is 0 Å². The van der Waals surface area contributed by atoms with Crippen LogP contribution in [0.4, 0.5) is 5.69 Å². The van der Waals surface area contributed by atoms with Crippen LogP contribution in [0.25, 0.3) is 0 Å². The highest BCUT2D eigenvalue weighted by Crippen LogP contribution is 2.31. The summed E-state index contributed by atoms with van der Waals surface area (Å²) in [5.74, 6) is -4.30. The molecule has 1 saturated heterocycles. The van der Waals surface area contributed by atoms with Gasteiger partial charge in [0.1, 0.15) is 37.2 Å². The van der Waals surface area contributed by atoms with Crippen LogP contribution in [0.3, 0.4) is 0 Å². The number of hydroxylamine groups is 1. The van der Waals surface area contributed by atoms with E-state index < -0.39 is 85.3 Å². The summed E-state index contributed by atoms with van der Waals surface area (Å²) in [6, 6.07) is 3.36. The lowest BCUT2D eigenvalue weighted by atomic mass is 10.0. The molecule has 3 rings (SSSR count). The number of aliphatic hydroxyl groups excluding tert-OH is 4. The number of nitrogens with one attached hydrogen (secondary N) is 5. The fourth-order valence-corrected chi connectivity index (χ4v) is 6.41. The number of hydrogen-bond acceptors (Lipinski definition) is 24. The summed E-state index contributed by atoms with van der Waals surface area (Å²) >= 11 is 0.323. The Morgan fingerprint density at radius 2 is 1.35 bits per heavy atom. The molecule has 4 unspecified atom stereocenters. The highest BCUT2D eigenvalue weighted by molar-refractivity contribution is 7.93. The first-order chi connectivity index (χ1) is 37.2. The van der Waals surface area contributed by atoms with E-state index in [2.05, 4.69) is 26.7 Å². The normalized spacial score (nSPS) is 16.7. The average molecular weight is 1130 g/mol. The van der Waals surface area contributed by atoms with Crippen LogP contribution in [0.15, 0.2) is 30.4 Å². The van der Waals surface area contributed by atoms with E-state index in [1.807, 2.05) is 27.7 Å². The monoisotopic (exact) mass is 1120 g/mol. The molecular formula is C48H80N6O22S. The zero-order valence-electron chi connectivity index (χ0n) is 44.7. The molecular weight excluding hydrogens is 1040 g/mol. The number of benzene rings is 1. The molecule has 77 heavy (non-hydrogen) atoms. The summed E-state index contributed by atoms with van der Waals surface area (Å²) in [4.78, 5) is 102. The number of carbonyl (C=O) groups is 8. The number of hydrogen-bond donors (Lipinski definition) is 10. The number of rotatable bonds is 37. The van der Waals surface area contributed by atoms with Crippen LogP contribution >= 0.6 is 12.0 Å². The Bertz CT molecular complexity index is 1880.